The van der Waals surface area contributed by atoms with Crippen molar-refractivity contribution in [1.29, 1.82) is 0 Å². The molecule has 0 amide bonds. The highest BCUT2D eigenvalue weighted by Crippen LogP contribution is 2.17. The van der Waals surface area contributed by atoms with Gasteiger partial charge >= 0.3 is 0 Å². The molecule has 0 fully saturated rings. The van der Waals surface area contributed by atoms with E-state index in [2.05, 4.69) is 0 Å². The van der Waals surface area contributed by atoms with Gasteiger partial charge in [-0.3, -0.25) is 10.1 Å². The summed E-state index contributed by atoms with van der Waals surface area (Å²) in [7, 11) is 0. The molecule has 2 aromatic carbocycles. The average molecular weight is 286 g/mol. The van der Waals surface area contributed by atoms with Crippen LogP contribution in [0.1, 0.15) is 18.1 Å². The fraction of sp³-hybridized carbons (Fsp3) is 0.250. The largest absolute Gasteiger partial charge is 0.489 e. The van der Waals surface area contributed by atoms with E-state index >= 15 is 0 Å². The van der Waals surface area contributed by atoms with Crippen LogP contribution in [0.3, 0.4) is 0 Å². The first-order valence-corrected chi connectivity index (χ1v) is 6.75. The van der Waals surface area contributed by atoms with E-state index in [9.17, 15) is 10.1 Å². The van der Waals surface area contributed by atoms with Gasteiger partial charge in [-0.2, -0.15) is 0 Å². The minimum absolute atomic E-state index is 0.0812. The predicted molar refractivity (Wildman–Crippen MR) is 81.2 cm³/mol. The lowest BCUT2D eigenvalue weighted by atomic mass is 10.1. The first-order chi connectivity index (χ1) is 10.0. The molecule has 5 nitrogen and oxygen atoms in total. The van der Waals surface area contributed by atoms with Crippen molar-refractivity contribution in [2.45, 2.75) is 26.0 Å². The molecule has 1 atom stereocenters. The minimum atomic E-state index is -0.415. The third-order valence-electron chi connectivity index (χ3n) is 3.01. The highest BCUT2D eigenvalue weighted by Gasteiger charge is 2.05. The quantitative estimate of drug-likeness (QED) is 0.654. The molecule has 0 aliphatic carbocycles. The summed E-state index contributed by atoms with van der Waals surface area (Å²) in [6, 6.07) is 14.3. The third kappa shape index (κ3) is 4.57. The fourth-order valence-electron chi connectivity index (χ4n) is 2.01. The summed E-state index contributed by atoms with van der Waals surface area (Å²) in [6.07, 6.45) is 0.800. The Morgan fingerprint density at radius 1 is 1.19 bits per heavy atom. The van der Waals surface area contributed by atoms with Gasteiger partial charge in [-0.25, -0.2) is 0 Å². The summed E-state index contributed by atoms with van der Waals surface area (Å²) in [4.78, 5) is 10.2. The van der Waals surface area contributed by atoms with Gasteiger partial charge < -0.3 is 10.5 Å². The molecule has 0 saturated heterocycles. The monoisotopic (exact) mass is 286 g/mol. The molecule has 0 aliphatic heterocycles. The Kier molecular flexibility index (Phi) is 4.90. The zero-order valence-corrected chi connectivity index (χ0v) is 11.9. The molecule has 2 aromatic rings. The van der Waals surface area contributed by atoms with Crippen molar-refractivity contribution < 1.29 is 9.66 Å². The molecule has 0 bridgehead atoms. The topological polar surface area (TPSA) is 78.4 Å². The Hall–Kier alpha value is -2.40. The summed E-state index contributed by atoms with van der Waals surface area (Å²) in [5, 5.41) is 10.6. The molecule has 110 valence electrons. The summed E-state index contributed by atoms with van der Waals surface area (Å²) in [5.41, 5.74) is 7.88. The van der Waals surface area contributed by atoms with Crippen molar-refractivity contribution in [3.63, 3.8) is 0 Å². The summed E-state index contributed by atoms with van der Waals surface area (Å²) in [5.74, 6) is 0.770. The first-order valence-electron chi connectivity index (χ1n) is 6.75. The molecule has 2 N–H and O–H groups in total. The van der Waals surface area contributed by atoms with E-state index in [0.29, 0.717) is 6.61 Å². The zero-order valence-electron chi connectivity index (χ0n) is 11.9. The second-order valence-electron chi connectivity index (χ2n) is 5.04. The number of rotatable bonds is 6. The highest BCUT2D eigenvalue weighted by atomic mass is 16.6. The van der Waals surface area contributed by atoms with E-state index in [1.54, 1.807) is 12.1 Å². The number of nitrogens with zero attached hydrogens (tertiary/aromatic N) is 1. The van der Waals surface area contributed by atoms with Crippen molar-refractivity contribution in [2.75, 3.05) is 0 Å². The summed E-state index contributed by atoms with van der Waals surface area (Å²) < 4.78 is 5.70. The van der Waals surface area contributed by atoms with Gasteiger partial charge in [0.05, 0.1) is 4.92 Å². The van der Waals surface area contributed by atoms with E-state index in [-0.39, 0.29) is 11.7 Å². The zero-order chi connectivity index (χ0) is 15.2. The number of benzene rings is 2. The number of hydrogen-bond acceptors (Lipinski definition) is 4. The number of nitrogens with two attached hydrogens (primary N) is 1. The lowest BCUT2D eigenvalue weighted by Crippen LogP contribution is -2.17. The molecule has 5 heteroatoms. The Morgan fingerprint density at radius 3 is 2.52 bits per heavy atom. The molecule has 0 heterocycles. The normalized spacial score (nSPS) is 11.9. The van der Waals surface area contributed by atoms with Crippen LogP contribution >= 0.6 is 0 Å². The van der Waals surface area contributed by atoms with Crippen LogP contribution in [0, 0.1) is 10.1 Å². The molecule has 21 heavy (non-hydrogen) atoms. The van der Waals surface area contributed by atoms with E-state index in [1.165, 1.54) is 12.1 Å². The first kappa shape index (κ1) is 15.0. The fourth-order valence-corrected chi connectivity index (χ4v) is 2.01. The lowest BCUT2D eigenvalue weighted by Gasteiger charge is -2.09. The standard InChI is InChI=1S/C16H18N2O3/c1-12(17)9-14-3-2-4-16(10-14)21-11-13-5-7-15(8-6-13)18(19)20/h2-8,10,12H,9,11,17H2,1H3. The lowest BCUT2D eigenvalue weighted by molar-refractivity contribution is -0.384. The van der Waals surface area contributed by atoms with Gasteiger partial charge in [-0.1, -0.05) is 12.1 Å². The van der Waals surface area contributed by atoms with Crippen LogP contribution in [0.25, 0.3) is 0 Å². The second-order valence-corrected chi connectivity index (χ2v) is 5.04. The molecule has 0 saturated carbocycles. The van der Waals surface area contributed by atoms with Crippen molar-refractivity contribution in [3.8, 4) is 5.75 Å². The second kappa shape index (κ2) is 6.85. The van der Waals surface area contributed by atoms with Crippen LogP contribution in [-0.4, -0.2) is 11.0 Å². The van der Waals surface area contributed by atoms with Crippen LogP contribution in [0.4, 0.5) is 5.69 Å². The molecule has 2 rings (SSSR count). The maximum atomic E-state index is 10.6. The minimum Gasteiger partial charge on any atom is -0.489 e. The Morgan fingerprint density at radius 2 is 1.90 bits per heavy atom. The third-order valence-corrected chi connectivity index (χ3v) is 3.01. The van der Waals surface area contributed by atoms with Crippen LogP contribution in [-0.2, 0) is 13.0 Å². The Balaban J connectivity index is 1.97. The van der Waals surface area contributed by atoms with Crippen LogP contribution in [0.2, 0.25) is 0 Å². The van der Waals surface area contributed by atoms with E-state index in [4.69, 9.17) is 10.5 Å². The van der Waals surface area contributed by atoms with Crippen molar-refractivity contribution >= 4 is 5.69 Å². The molecule has 0 aliphatic rings. The molecule has 1 unspecified atom stereocenters. The van der Waals surface area contributed by atoms with E-state index in [0.717, 1.165) is 23.3 Å². The highest BCUT2D eigenvalue weighted by molar-refractivity contribution is 5.33. The maximum absolute atomic E-state index is 10.6. The summed E-state index contributed by atoms with van der Waals surface area (Å²) in [6.45, 7) is 2.34. The number of nitro groups is 1. The number of non-ortho nitro benzene ring substituents is 1. The van der Waals surface area contributed by atoms with Gasteiger partial charge in [0.2, 0.25) is 0 Å². The predicted octanol–water partition coefficient (Wildman–Crippen LogP) is 3.06. The van der Waals surface area contributed by atoms with Crippen molar-refractivity contribution in [3.05, 3.63) is 69.8 Å². The Labute approximate surface area is 123 Å². The van der Waals surface area contributed by atoms with E-state index in [1.807, 2.05) is 31.2 Å². The number of nitro benzene ring substituents is 1. The van der Waals surface area contributed by atoms with Crippen LogP contribution in [0.15, 0.2) is 48.5 Å². The van der Waals surface area contributed by atoms with Crippen LogP contribution in [0.5, 0.6) is 5.75 Å². The van der Waals surface area contributed by atoms with Gasteiger partial charge in [0.15, 0.2) is 0 Å². The number of ether oxygens (including phenoxy) is 1. The van der Waals surface area contributed by atoms with Gasteiger partial charge in [0, 0.05) is 18.2 Å². The maximum Gasteiger partial charge on any atom is 0.269 e. The molecular formula is C16H18N2O3. The molecular weight excluding hydrogens is 268 g/mol. The molecule has 0 spiro atoms. The SMILES string of the molecule is CC(N)Cc1cccc(OCc2ccc([N+](=O)[O-])cc2)c1. The summed E-state index contributed by atoms with van der Waals surface area (Å²) >= 11 is 0. The van der Waals surface area contributed by atoms with Gasteiger partial charge in [-0.15, -0.1) is 0 Å². The average Bonchev–Trinajstić information content (AvgIpc) is 2.45. The van der Waals surface area contributed by atoms with Crippen molar-refractivity contribution in [1.82, 2.24) is 0 Å². The molecule has 0 aromatic heterocycles. The van der Waals surface area contributed by atoms with Crippen LogP contribution < -0.4 is 10.5 Å². The van der Waals surface area contributed by atoms with Gasteiger partial charge in [0.25, 0.3) is 5.69 Å². The number of hydrogen-bond donors (Lipinski definition) is 1. The van der Waals surface area contributed by atoms with Gasteiger partial charge in [0.1, 0.15) is 12.4 Å². The molecule has 0 radical (unpaired) electrons. The van der Waals surface area contributed by atoms with Gasteiger partial charge in [-0.05, 0) is 48.7 Å². The Bertz CT molecular complexity index is 609. The van der Waals surface area contributed by atoms with Crippen molar-refractivity contribution in [2.24, 2.45) is 5.73 Å². The van der Waals surface area contributed by atoms with E-state index < -0.39 is 4.92 Å². The smallest absolute Gasteiger partial charge is 0.269 e.